The first kappa shape index (κ1) is 12.0. The van der Waals surface area contributed by atoms with E-state index in [4.69, 9.17) is 28.9 Å². The maximum Gasteiger partial charge on any atom is 0.202 e. The van der Waals surface area contributed by atoms with E-state index >= 15 is 0 Å². The molecule has 0 aliphatic rings. The van der Waals surface area contributed by atoms with Crippen LogP contribution in [0.5, 0.6) is 0 Å². The molecular formula is C9H7Cl2N3S2. The molecule has 7 heteroatoms. The van der Waals surface area contributed by atoms with Crippen LogP contribution in [0.1, 0.15) is 5.56 Å². The van der Waals surface area contributed by atoms with Gasteiger partial charge in [0.05, 0.1) is 10.0 Å². The van der Waals surface area contributed by atoms with Crippen LogP contribution in [0.2, 0.25) is 10.0 Å². The summed E-state index contributed by atoms with van der Waals surface area (Å²) < 4.78 is 4.08. The number of nitrogens with zero attached hydrogens (tertiary/aromatic N) is 2. The lowest BCUT2D eigenvalue weighted by molar-refractivity contribution is 1.08. The molecule has 1 aromatic carbocycles. The molecule has 0 bridgehead atoms. The number of nitrogens with two attached hydrogens (primary N) is 1. The minimum absolute atomic E-state index is 0.483. The highest BCUT2D eigenvalue weighted by molar-refractivity contribution is 7.98. The second kappa shape index (κ2) is 5.23. The van der Waals surface area contributed by atoms with E-state index < -0.39 is 0 Å². The Balaban J connectivity index is 2.02. The molecule has 0 atom stereocenters. The monoisotopic (exact) mass is 291 g/mol. The molecule has 0 fully saturated rings. The minimum atomic E-state index is 0.483. The summed E-state index contributed by atoms with van der Waals surface area (Å²) >= 11 is 14.4. The third kappa shape index (κ3) is 3.01. The molecule has 0 spiro atoms. The van der Waals surface area contributed by atoms with Crippen LogP contribution in [0, 0.1) is 0 Å². The Kier molecular flexibility index (Phi) is 3.91. The summed E-state index contributed by atoms with van der Waals surface area (Å²) in [4.78, 5) is 4.05. The Morgan fingerprint density at radius 2 is 2.12 bits per heavy atom. The van der Waals surface area contributed by atoms with Gasteiger partial charge in [0.25, 0.3) is 0 Å². The standard InChI is InChI=1S/C9H7Cl2N3S2/c10-6-2-1-5(3-7(6)11)4-15-9-13-8(12)16-14-9/h1-3H,4H2,(H2,12,13,14). The molecule has 0 aliphatic carbocycles. The lowest BCUT2D eigenvalue weighted by Crippen LogP contribution is -1.84. The highest BCUT2D eigenvalue weighted by Gasteiger charge is 2.04. The second-order valence-electron chi connectivity index (χ2n) is 2.95. The zero-order valence-corrected chi connectivity index (χ0v) is 11.1. The van der Waals surface area contributed by atoms with Crippen molar-refractivity contribution in [3.8, 4) is 0 Å². The Labute approximate surface area is 111 Å². The van der Waals surface area contributed by atoms with Gasteiger partial charge in [-0.2, -0.15) is 9.36 Å². The van der Waals surface area contributed by atoms with Gasteiger partial charge in [0.1, 0.15) is 0 Å². The molecule has 16 heavy (non-hydrogen) atoms. The fraction of sp³-hybridized carbons (Fsp3) is 0.111. The lowest BCUT2D eigenvalue weighted by atomic mass is 10.2. The molecule has 2 N–H and O–H groups in total. The van der Waals surface area contributed by atoms with Gasteiger partial charge in [-0.25, -0.2) is 0 Å². The van der Waals surface area contributed by atoms with Crippen molar-refractivity contribution < 1.29 is 0 Å². The summed E-state index contributed by atoms with van der Waals surface area (Å²) in [5, 5.41) is 2.29. The van der Waals surface area contributed by atoms with Gasteiger partial charge < -0.3 is 5.73 Å². The quantitative estimate of drug-likeness (QED) is 0.876. The Morgan fingerprint density at radius 1 is 1.31 bits per heavy atom. The van der Waals surface area contributed by atoms with Gasteiger partial charge in [0.2, 0.25) is 10.3 Å². The minimum Gasteiger partial charge on any atom is -0.374 e. The summed E-state index contributed by atoms with van der Waals surface area (Å²) in [7, 11) is 0. The molecule has 1 heterocycles. The van der Waals surface area contributed by atoms with Crippen LogP contribution in [0.3, 0.4) is 0 Å². The Hall–Kier alpha value is -0.490. The van der Waals surface area contributed by atoms with Crippen molar-refractivity contribution in [2.45, 2.75) is 10.9 Å². The molecule has 0 aliphatic heterocycles. The summed E-state index contributed by atoms with van der Waals surface area (Å²) in [6.07, 6.45) is 0. The Morgan fingerprint density at radius 3 is 2.75 bits per heavy atom. The van der Waals surface area contributed by atoms with Crippen LogP contribution in [-0.2, 0) is 5.75 Å². The molecule has 2 rings (SSSR count). The summed E-state index contributed by atoms with van der Waals surface area (Å²) in [5.74, 6) is 0.743. The number of hydrogen-bond acceptors (Lipinski definition) is 5. The van der Waals surface area contributed by atoms with E-state index in [9.17, 15) is 0 Å². The molecule has 0 amide bonds. The van der Waals surface area contributed by atoms with Crippen LogP contribution < -0.4 is 5.73 Å². The number of nitrogen functional groups attached to an aromatic ring is 1. The first-order valence-electron chi connectivity index (χ1n) is 4.31. The average molecular weight is 292 g/mol. The molecule has 1 aromatic heterocycles. The van der Waals surface area contributed by atoms with Gasteiger partial charge in [-0.05, 0) is 17.7 Å². The zero-order valence-electron chi connectivity index (χ0n) is 7.98. The fourth-order valence-electron chi connectivity index (χ4n) is 1.06. The van der Waals surface area contributed by atoms with Crippen molar-refractivity contribution in [2.24, 2.45) is 0 Å². The van der Waals surface area contributed by atoms with Crippen LogP contribution in [0.4, 0.5) is 5.13 Å². The van der Waals surface area contributed by atoms with Gasteiger partial charge in [-0.15, -0.1) is 0 Å². The van der Waals surface area contributed by atoms with Gasteiger partial charge in [-0.1, -0.05) is 41.0 Å². The maximum absolute atomic E-state index is 5.91. The predicted octanol–water partition coefficient (Wildman–Crippen LogP) is 3.72. The molecule has 0 saturated heterocycles. The average Bonchev–Trinajstić information content (AvgIpc) is 2.66. The van der Waals surface area contributed by atoms with E-state index in [1.165, 1.54) is 23.3 Å². The maximum atomic E-state index is 5.91. The molecular weight excluding hydrogens is 285 g/mol. The van der Waals surface area contributed by atoms with Crippen molar-refractivity contribution in [1.29, 1.82) is 0 Å². The highest BCUT2D eigenvalue weighted by Crippen LogP contribution is 2.27. The summed E-state index contributed by atoms with van der Waals surface area (Å²) in [6.45, 7) is 0. The van der Waals surface area contributed by atoms with E-state index in [2.05, 4.69) is 9.36 Å². The SMILES string of the molecule is Nc1nc(SCc2ccc(Cl)c(Cl)c2)ns1. The van der Waals surface area contributed by atoms with Gasteiger partial charge in [0.15, 0.2) is 0 Å². The normalized spacial score (nSPS) is 10.6. The van der Waals surface area contributed by atoms with Gasteiger partial charge in [-0.3, -0.25) is 0 Å². The molecule has 3 nitrogen and oxygen atoms in total. The highest BCUT2D eigenvalue weighted by atomic mass is 35.5. The first-order chi connectivity index (χ1) is 7.65. The summed E-state index contributed by atoms with van der Waals surface area (Å²) in [5.41, 5.74) is 6.56. The van der Waals surface area contributed by atoms with Crippen LogP contribution in [0.25, 0.3) is 0 Å². The van der Waals surface area contributed by atoms with Crippen LogP contribution in [0.15, 0.2) is 23.4 Å². The van der Waals surface area contributed by atoms with Gasteiger partial charge >= 0.3 is 0 Å². The first-order valence-corrected chi connectivity index (χ1v) is 6.82. The van der Waals surface area contributed by atoms with Gasteiger partial charge in [0, 0.05) is 17.3 Å². The van der Waals surface area contributed by atoms with Crippen molar-refractivity contribution in [1.82, 2.24) is 9.36 Å². The number of thioether (sulfide) groups is 1. The van der Waals surface area contributed by atoms with E-state index in [-0.39, 0.29) is 0 Å². The molecule has 84 valence electrons. The van der Waals surface area contributed by atoms with Crippen molar-refractivity contribution in [2.75, 3.05) is 5.73 Å². The third-order valence-corrected chi connectivity index (χ3v) is 4.09. The number of benzene rings is 1. The number of aromatic nitrogens is 2. The Bertz CT molecular complexity index is 501. The second-order valence-corrected chi connectivity index (χ2v) is 5.49. The zero-order chi connectivity index (χ0) is 11.5. The lowest BCUT2D eigenvalue weighted by Gasteiger charge is -2.00. The molecule has 0 saturated carbocycles. The van der Waals surface area contributed by atoms with E-state index in [1.54, 1.807) is 6.07 Å². The molecule has 2 aromatic rings. The molecule has 0 unspecified atom stereocenters. The van der Waals surface area contributed by atoms with Crippen LogP contribution in [-0.4, -0.2) is 9.36 Å². The smallest absolute Gasteiger partial charge is 0.202 e. The van der Waals surface area contributed by atoms with Crippen LogP contribution >= 0.6 is 46.5 Å². The number of halogens is 2. The third-order valence-electron chi connectivity index (χ3n) is 1.78. The fourth-order valence-corrected chi connectivity index (χ4v) is 2.74. The van der Waals surface area contributed by atoms with Crippen molar-refractivity contribution in [3.05, 3.63) is 33.8 Å². The van der Waals surface area contributed by atoms with Crippen molar-refractivity contribution >= 4 is 51.6 Å². The predicted molar refractivity (Wildman–Crippen MR) is 70.3 cm³/mol. The largest absolute Gasteiger partial charge is 0.374 e. The number of anilines is 1. The van der Waals surface area contributed by atoms with E-state index in [1.807, 2.05) is 12.1 Å². The topological polar surface area (TPSA) is 51.8 Å². The number of rotatable bonds is 3. The van der Waals surface area contributed by atoms with E-state index in [0.717, 1.165) is 11.3 Å². The van der Waals surface area contributed by atoms with E-state index in [0.29, 0.717) is 20.3 Å². The molecule has 0 radical (unpaired) electrons. The summed E-state index contributed by atoms with van der Waals surface area (Å²) in [6, 6.07) is 5.55. The van der Waals surface area contributed by atoms with Crippen molar-refractivity contribution in [3.63, 3.8) is 0 Å². The number of hydrogen-bond donors (Lipinski definition) is 1.